The Bertz CT molecular complexity index is 1210. The van der Waals surface area contributed by atoms with Gasteiger partial charge in [-0.1, -0.05) is 59.5 Å². The van der Waals surface area contributed by atoms with Crippen LogP contribution in [-0.2, 0) is 5.75 Å². The van der Waals surface area contributed by atoms with Gasteiger partial charge in [0.2, 0.25) is 0 Å². The summed E-state index contributed by atoms with van der Waals surface area (Å²) in [5.74, 6) is 0.696. The van der Waals surface area contributed by atoms with E-state index in [1.165, 1.54) is 16.9 Å². The van der Waals surface area contributed by atoms with Crippen molar-refractivity contribution in [2.75, 3.05) is 0 Å². The van der Waals surface area contributed by atoms with Crippen LogP contribution >= 0.6 is 35.3 Å². The van der Waals surface area contributed by atoms with Gasteiger partial charge in [0.1, 0.15) is 0 Å². The molecule has 31 heavy (non-hydrogen) atoms. The largest absolute Gasteiger partial charge is 0.344 e. The zero-order valence-electron chi connectivity index (χ0n) is 16.8. The summed E-state index contributed by atoms with van der Waals surface area (Å²) in [6.45, 7) is 1.91. The van der Waals surface area contributed by atoms with Crippen molar-refractivity contribution in [3.63, 3.8) is 0 Å². The highest BCUT2D eigenvalue weighted by Gasteiger charge is 2.13. The van der Waals surface area contributed by atoms with Crippen LogP contribution < -0.4 is 5.32 Å². The van der Waals surface area contributed by atoms with Gasteiger partial charge in [-0.2, -0.15) is 0 Å². The number of aromatic nitrogens is 3. The van der Waals surface area contributed by atoms with Crippen LogP contribution in [0.4, 0.5) is 0 Å². The third kappa shape index (κ3) is 5.46. The van der Waals surface area contributed by atoms with E-state index in [0.29, 0.717) is 9.52 Å². The fraction of sp³-hybridized carbons (Fsp3) is 0.130. The fourth-order valence-electron chi connectivity index (χ4n) is 2.94. The van der Waals surface area contributed by atoms with E-state index in [1.807, 2.05) is 55.5 Å². The van der Waals surface area contributed by atoms with Crippen LogP contribution in [0.1, 0.15) is 34.6 Å². The molecule has 2 aromatic heterocycles. The third-order valence-corrected chi connectivity index (χ3v) is 7.02. The van der Waals surface area contributed by atoms with Crippen LogP contribution in [0.5, 0.6) is 0 Å². The molecular formula is C23H20N4OS3. The van der Waals surface area contributed by atoms with E-state index in [9.17, 15) is 4.79 Å². The van der Waals surface area contributed by atoms with E-state index in [4.69, 9.17) is 12.2 Å². The molecule has 8 heteroatoms. The van der Waals surface area contributed by atoms with Crippen LogP contribution in [0.2, 0.25) is 0 Å². The highest BCUT2D eigenvalue weighted by Crippen LogP contribution is 2.27. The predicted molar refractivity (Wildman–Crippen MR) is 128 cm³/mol. The van der Waals surface area contributed by atoms with Gasteiger partial charge in [0.05, 0.1) is 17.4 Å². The second kappa shape index (κ2) is 10.00. The lowest BCUT2D eigenvalue weighted by Gasteiger charge is -2.13. The number of rotatable bonds is 7. The first-order valence-corrected chi connectivity index (χ1v) is 11.9. The van der Waals surface area contributed by atoms with Crippen molar-refractivity contribution in [2.24, 2.45) is 0 Å². The molecule has 1 amide bonds. The van der Waals surface area contributed by atoms with E-state index in [-0.39, 0.29) is 11.9 Å². The smallest absolute Gasteiger partial charge is 0.251 e. The lowest BCUT2D eigenvalue weighted by molar-refractivity contribution is 0.0939. The van der Waals surface area contributed by atoms with Gasteiger partial charge in [0.15, 0.2) is 8.29 Å². The van der Waals surface area contributed by atoms with Crippen molar-refractivity contribution in [1.82, 2.24) is 20.1 Å². The molecular weight excluding hydrogens is 444 g/mol. The number of carbonyl (C=O) groups is 1. The Hall–Kier alpha value is -2.81. The molecule has 0 bridgehead atoms. The molecule has 156 valence electrons. The number of nitrogens with one attached hydrogen (secondary N) is 1. The van der Waals surface area contributed by atoms with E-state index in [1.54, 1.807) is 34.8 Å². The van der Waals surface area contributed by atoms with E-state index in [0.717, 1.165) is 21.5 Å². The van der Waals surface area contributed by atoms with Crippen LogP contribution in [-0.4, -0.2) is 20.7 Å². The zero-order valence-corrected chi connectivity index (χ0v) is 19.2. The topological polar surface area (TPSA) is 59.8 Å². The predicted octanol–water partition coefficient (Wildman–Crippen LogP) is 5.84. The summed E-state index contributed by atoms with van der Waals surface area (Å²) < 4.78 is 3.34. The molecule has 0 saturated heterocycles. The number of hydrogen-bond acceptors (Lipinski definition) is 6. The standard InChI is InChI=1S/C23H20N4OS3/c1-16(20-9-5-6-14-24-20)25-21(28)18-10-12-19(13-11-18)27-23(29)31-22(26-27)30-15-17-7-3-2-4-8-17/h2-14,16H,15H2,1H3,(H,25,28). The van der Waals surface area contributed by atoms with Crippen molar-refractivity contribution in [1.29, 1.82) is 0 Å². The maximum atomic E-state index is 12.6. The summed E-state index contributed by atoms with van der Waals surface area (Å²) in [5.41, 5.74) is 3.48. The average molecular weight is 465 g/mol. The number of nitrogens with zero attached hydrogens (tertiary/aromatic N) is 3. The van der Waals surface area contributed by atoms with Gasteiger partial charge >= 0.3 is 0 Å². The molecule has 0 fully saturated rings. The lowest BCUT2D eigenvalue weighted by atomic mass is 10.1. The molecule has 1 atom stereocenters. The SMILES string of the molecule is CC(NC(=O)c1ccc(-n2nc(SCc3ccccc3)sc2=S)cc1)c1ccccn1. The van der Waals surface area contributed by atoms with E-state index >= 15 is 0 Å². The Labute approximate surface area is 194 Å². The normalized spacial score (nSPS) is 11.8. The Morgan fingerprint density at radius 1 is 1.10 bits per heavy atom. The number of amides is 1. The molecule has 5 nitrogen and oxygen atoms in total. The first-order valence-electron chi connectivity index (χ1n) is 9.69. The van der Waals surface area contributed by atoms with Crippen molar-refractivity contribution in [3.8, 4) is 5.69 Å². The van der Waals surface area contributed by atoms with Gasteiger partial charge in [-0.3, -0.25) is 9.78 Å². The van der Waals surface area contributed by atoms with Crippen LogP contribution in [0.15, 0.2) is 83.3 Å². The van der Waals surface area contributed by atoms with Crippen LogP contribution in [0, 0.1) is 3.95 Å². The molecule has 4 rings (SSSR count). The monoisotopic (exact) mass is 464 g/mol. The molecule has 0 aliphatic carbocycles. The van der Waals surface area contributed by atoms with Crippen molar-refractivity contribution in [2.45, 2.75) is 23.1 Å². The lowest BCUT2D eigenvalue weighted by Crippen LogP contribution is -2.27. The molecule has 1 unspecified atom stereocenters. The van der Waals surface area contributed by atoms with Gasteiger partial charge in [0.25, 0.3) is 5.91 Å². The maximum Gasteiger partial charge on any atom is 0.251 e. The van der Waals surface area contributed by atoms with Crippen molar-refractivity contribution < 1.29 is 4.79 Å². The molecule has 1 N–H and O–H groups in total. The molecule has 0 aliphatic rings. The second-order valence-corrected chi connectivity index (χ2v) is 9.66. The number of thioether (sulfide) groups is 1. The summed E-state index contributed by atoms with van der Waals surface area (Å²) in [6, 6.07) is 23.0. The Kier molecular flexibility index (Phi) is 6.91. The second-order valence-electron chi connectivity index (χ2n) is 6.82. The quantitative estimate of drug-likeness (QED) is 0.275. The summed E-state index contributed by atoms with van der Waals surface area (Å²) in [7, 11) is 0. The molecule has 0 saturated carbocycles. The molecule has 2 heterocycles. The van der Waals surface area contributed by atoms with E-state index < -0.39 is 0 Å². The van der Waals surface area contributed by atoms with Crippen molar-refractivity contribution in [3.05, 3.63) is 99.8 Å². The van der Waals surface area contributed by atoms with Gasteiger partial charge in [-0.05, 0) is 61.1 Å². The summed E-state index contributed by atoms with van der Waals surface area (Å²) in [6.07, 6.45) is 1.72. The minimum Gasteiger partial charge on any atom is -0.344 e. The number of pyridine rings is 1. The Balaban J connectivity index is 1.42. The molecule has 2 aromatic carbocycles. The Morgan fingerprint density at radius 2 is 1.84 bits per heavy atom. The number of carbonyl (C=O) groups excluding carboxylic acids is 1. The fourth-order valence-corrected chi connectivity index (χ4v) is 5.26. The highest BCUT2D eigenvalue weighted by atomic mass is 32.2. The van der Waals surface area contributed by atoms with Gasteiger partial charge in [-0.25, -0.2) is 4.68 Å². The number of hydrogen-bond donors (Lipinski definition) is 1. The maximum absolute atomic E-state index is 12.6. The summed E-state index contributed by atoms with van der Waals surface area (Å²) in [5, 5.41) is 7.62. The first-order chi connectivity index (χ1) is 15.1. The van der Waals surface area contributed by atoms with Crippen LogP contribution in [0.3, 0.4) is 0 Å². The van der Waals surface area contributed by atoms with Gasteiger partial charge in [0, 0.05) is 17.5 Å². The molecule has 4 aromatic rings. The summed E-state index contributed by atoms with van der Waals surface area (Å²) in [4.78, 5) is 16.9. The van der Waals surface area contributed by atoms with Gasteiger partial charge < -0.3 is 5.32 Å². The van der Waals surface area contributed by atoms with Gasteiger partial charge in [-0.15, -0.1) is 5.10 Å². The Morgan fingerprint density at radius 3 is 2.55 bits per heavy atom. The molecule has 0 radical (unpaired) electrons. The third-order valence-electron chi connectivity index (χ3n) is 4.59. The molecule has 0 aliphatic heterocycles. The minimum atomic E-state index is -0.176. The van der Waals surface area contributed by atoms with E-state index in [2.05, 4.69) is 27.5 Å². The highest BCUT2D eigenvalue weighted by molar-refractivity contribution is 8.00. The number of benzene rings is 2. The van der Waals surface area contributed by atoms with Crippen molar-refractivity contribution >= 4 is 41.2 Å². The first kappa shape index (κ1) is 21.4. The minimum absolute atomic E-state index is 0.148. The molecule has 0 spiro atoms. The van der Waals surface area contributed by atoms with Crippen LogP contribution in [0.25, 0.3) is 5.69 Å². The zero-order chi connectivity index (χ0) is 21.6. The average Bonchev–Trinajstić information content (AvgIpc) is 3.19. The summed E-state index contributed by atoms with van der Waals surface area (Å²) >= 11 is 8.65.